The molecule has 1 aromatic rings. The highest BCUT2D eigenvalue weighted by Gasteiger charge is 2.12. The molecule has 1 rings (SSSR count). The van der Waals surface area contributed by atoms with E-state index in [1.165, 1.54) is 0 Å². The lowest BCUT2D eigenvalue weighted by Crippen LogP contribution is -2.20. The average Bonchev–Trinajstić information content (AvgIpc) is 2.49. The van der Waals surface area contributed by atoms with Gasteiger partial charge in [-0.1, -0.05) is 17.7 Å². The molecule has 0 aliphatic rings. The van der Waals surface area contributed by atoms with Gasteiger partial charge in [-0.25, -0.2) is 9.98 Å². The van der Waals surface area contributed by atoms with E-state index >= 15 is 0 Å². The van der Waals surface area contributed by atoms with Gasteiger partial charge in [0.15, 0.2) is 0 Å². The third-order valence-corrected chi connectivity index (χ3v) is 3.17. The maximum absolute atomic E-state index is 6.22. The van der Waals surface area contributed by atoms with Gasteiger partial charge in [0.2, 0.25) is 5.88 Å². The van der Waals surface area contributed by atoms with Crippen molar-refractivity contribution in [2.45, 2.75) is 26.9 Å². The summed E-state index contributed by atoms with van der Waals surface area (Å²) in [5.41, 5.74) is 1.49. The van der Waals surface area contributed by atoms with Crippen molar-refractivity contribution in [1.82, 2.24) is 9.88 Å². The molecule has 1 aromatic heterocycles. The van der Waals surface area contributed by atoms with Crippen LogP contribution in [-0.2, 0) is 4.74 Å². The topological polar surface area (TPSA) is 47.0 Å². The molecule has 22 heavy (non-hydrogen) atoms. The molecule has 6 heteroatoms. The minimum Gasteiger partial charge on any atom is -0.471 e. The number of hydrogen-bond acceptors (Lipinski definition) is 4. The average molecular weight is 326 g/mol. The van der Waals surface area contributed by atoms with Crippen molar-refractivity contribution in [2.75, 3.05) is 26.8 Å². The van der Waals surface area contributed by atoms with E-state index in [1.54, 1.807) is 18.5 Å². The number of halogens is 1. The maximum atomic E-state index is 6.22. The predicted molar refractivity (Wildman–Crippen MR) is 91.5 cm³/mol. The number of aromatic nitrogens is 1. The molecule has 0 bridgehead atoms. The van der Waals surface area contributed by atoms with Crippen LogP contribution in [-0.4, -0.2) is 49.1 Å². The fraction of sp³-hybridized carbons (Fsp3) is 0.500. The summed E-state index contributed by atoms with van der Waals surface area (Å²) in [5.74, 6) is 0.400. The van der Waals surface area contributed by atoms with Crippen molar-refractivity contribution >= 4 is 23.6 Å². The lowest BCUT2D eigenvalue weighted by molar-refractivity contribution is 0.0711. The molecule has 0 radical (unpaired) electrons. The van der Waals surface area contributed by atoms with Crippen LogP contribution in [0.3, 0.4) is 0 Å². The first-order valence-electron chi connectivity index (χ1n) is 7.24. The Balaban J connectivity index is 2.76. The van der Waals surface area contributed by atoms with Crippen molar-refractivity contribution in [1.29, 1.82) is 0 Å². The van der Waals surface area contributed by atoms with E-state index < -0.39 is 0 Å². The van der Waals surface area contributed by atoms with Gasteiger partial charge in [-0.15, -0.1) is 6.58 Å². The first kappa shape index (κ1) is 18.5. The molecule has 0 fully saturated rings. The Hall–Kier alpha value is -1.59. The highest BCUT2D eigenvalue weighted by Crippen LogP contribution is 2.29. The Morgan fingerprint density at radius 3 is 2.91 bits per heavy atom. The minimum absolute atomic E-state index is 0.148. The second-order valence-electron chi connectivity index (χ2n) is 4.95. The zero-order chi connectivity index (χ0) is 16.5. The Morgan fingerprint density at radius 2 is 2.27 bits per heavy atom. The second kappa shape index (κ2) is 9.43. The number of aliphatic imine (C=N–C) groups is 1. The lowest BCUT2D eigenvalue weighted by atomic mass is 10.3. The van der Waals surface area contributed by atoms with Crippen molar-refractivity contribution < 1.29 is 9.47 Å². The molecule has 0 amide bonds. The van der Waals surface area contributed by atoms with E-state index in [4.69, 9.17) is 21.1 Å². The molecular formula is C16H24ClN3O2. The summed E-state index contributed by atoms with van der Waals surface area (Å²) < 4.78 is 11.1. The fourth-order valence-corrected chi connectivity index (χ4v) is 1.74. The molecule has 1 atom stereocenters. The highest BCUT2D eigenvalue weighted by atomic mass is 35.5. The fourth-order valence-electron chi connectivity index (χ4n) is 1.55. The van der Waals surface area contributed by atoms with Gasteiger partial charge in [0, 0.05) is 13.6 Å². The molecule has 0 aliphatic heterocycles. The molecule has 1 heterocycles. The van der Waals surface area contributed by atoms with Crippen molar-refractivity contribution in [3.05, 3.63) is 29.4 Å². The Morgan fingerprint density at radius 1 is 1.55 bits per heavy atom. The smallest absolute Gasteiger partial charge is 0.233 e. The van der Waals surface area contributed by atoms with E-state index in [0.717, 1.165) is 17.9 Å². The molecule has 0 saturated heterocycles. The van der Waals surface area contributed by atoms with Crippen LogP contribution < -0.4 is 4.74 Å². The SMILES string of the molecule is C=CCOCC(C)Oc1nc(C)c(N=CN(C)CC)cc1Cl. The van der Waals surface area contributed by atoms with Gasteiger partial charge in [0.25, 0.3) is 0 Å². The third kappa shape index (κ3) is 6.03. The number of aryl methyl sites for hydroxylation is 1. The monoisotopic (exact) mass is 325 g/mol. The van der Waals surface area contributed by atoms with Crippen LogP contribution in [0.15, 0.2) is 23.7 Å². The first-order chi connectivity index (χ1) is 10.5. The molecular weight excluding hydrogens is 302 g/mol. The lowest BCUT2D eigenvalue weighted by Gasteiger charge is -2.15. The summed E-state index contributed by atoms with van der Waals surface area (Å²) in [7, 11) is 1.95. The highest BCUT2D eigenvalue weighted by molar-refractivity contribution is 6.32. The summed E-state index contributed by atoms with van der Waals surface area (Å²) in [6.07, 6.45) is 3.30. The summed E-state index contributed by atoms with van der Waals surface area (Å²) in [6.45, 7) is 11.2. The van der Waals surface area contributed by atoms with Gasteiger partial charge in [0.1, 0.15) is 11.1 Å². The van der Waals surface area contributed by atoms with Crippen molar-refractivity contribution in [2.24, 2.45) is 4.99 Å². The Labute approximate surface area is 137 Å². The van der Waals surface area contributed by atoms with Gasteiger partial charge in [-0.2, -0.15) is 0 Å². The van der Waals surface area contributed by atoms with Crippen LogP contribution in [0.1, 0.15) is 19.5 Å². The van der Waals surface area contributed by atoms with Gasteiger partial charge >= 0.3 is 0 Å². The van der Waals surface area contributed by atoms with E-state index in [0.29, 0.717) is 24.1 Å². The summed E-state index contributed by atoms with van der Waals surface area (Å²) in [6, 6.07) is 1.76. The van der Waals surface area contributed by atoms with Crippen LogP contribution >= 0.6 is 11.6 Å². The number of hydrogen-bond donors (Lipinski definition) is 0. The molecule has 0 saturated carbocycles. The molecule has 0 aliphatic carbocycles. The summed E-state index contributed by atoms with van der Waals surface area (Å²) in [4.78, 5) is 10.7. The van der Waals surface area contributed by atoms with Crippen molar-refractivity contribution in [3.63, 3.8) is 0 Å². The number of nitrogens with zero attached hydrogens (tertiary/aromatic N) is 3. The second-order valence-corrected chi connectivity index (χ2v) is 5.36. The van der Waals surface area contributed by atoms with E-state index in [2.05, 4.69) is 23.5 Å². The molecule has 0 N–H and O–H groups in total. The van der Waals surface area contributed by atoms with Gasteiger partial charge < -0.3 is 14.4 Å². The maximum Gasteiger partial charge on any atom is 0.233 e. The van der Waals surface area contributed by atoms with Crippen LogP contribution in [0.5, 0.6) is 5.88 Å². The predicted octanol–water partition coefficient (Wildman–Crippen LogP) is 3.62. The zero-order valence-electron chi connectivity index (χ0n) is 13.7. The van der Waals surface area contributed by atoms with Gasteiger partial charge in [-0.05, 0) is 26.8 Å². The number of rotatable bonds is 9. The molecule has 1 unspecified atom stereocenters. The molecule has 0 aromatic carbocycles. The number of pyridine rings is 1. The molecule has 122 valence electrons. The zero-order valence-corrected chi connectivity index (χ0v) is 14.4. The standard InChI is InChI=1S/C16H24ClN3O2/c1-6-8-21-10-12(3)22-16-14(17)9-15(13(4)19-16)18-11-20(5)7-2/h6,9,11-12H,1,7-8,10H2,2-5H3. The van der Waals surface area contributed by atoms with Gasteiger partial charge in [-0.3, -0.25) is 0 Å². The minimum atomic E-state index is -0.148. The first-order valence-corrected chi connectivity index (χ1v) is 7.62. The van der Waals surface area contributed by atoms with Gasteiger partial charge in [0.05, 0.1) is 30.9 Å². The van der Waals surface area contributed by atoms with E-state index in [-0.39, 0.29) is 6.10 Å². The quantitative estimate of drug-likeness (QED) is 0.301. The van der Waals surface area contributed by atoms with E-state index in [1.807, 2.05) is 25.8 Å². The van der Waals surface area contributed by atoms with Crippen LogP contribution in [0.4, 0.5) is 5.69 Å². The third-order valence-electron chi connectivity index (χ3n) is 2.90. The van der Waals surface area contributed by atoms with Crippen LogP contribution in [0.25, 0.3) is 0 Å². The Kier molecular flexibility index (Phi) is 7.91. The van der Waals surface area contributed by atoms with E-state index in [9.17, 15) is 0 Å². The summed E-state index contributed by atoms with van der Waals surface area (Å²) >= 11 is 6.22. The summed E-state index contributed by atoms with van der Waals surface area (Å²) in [5, 5.41) is 0.437. The Bertz CT molecular complexity index is 520. The largest absolute Gasteiger partial charge is 0.471 e. The van der Waals surface area contributed by atoms with Crippen molar-refractivity contribution in [3.8, 4) is 5.88 Å². The van der Waals surface area contributed by atoms with Crippen LogP contribution in [0, 0.1) is 6.92 Å². The van der Waals surface area contributed by atoms with Crippen LogP contribution in [0.2, 0.25) is 5.02 Å². The number of ether oxygens (including phenoxy) is 2. The molecule has 0 spiro atoms. The normalized spacial score (nSPS) is 12.4. The molecule has 5 nitrogen and oxygen atoms in total.